The highest BCUT2D eigenvalue weighted by Crippen LogP contribution is 2.30. The molecule has 0 aliphatic carbocycles. The molecular formula is C22H18ClF3N4O6. The number of hydrogen-bond donors (Lipinski definition) is 3. The second-order valence-corrected chi connectivity index (χ2v) is 8.03. The Labute approximate surface area is 206 Å². The fourth-order valence-corrected chi connectivity index (χ4v) is 3.34. The van der Waals surface area contributed by atoms with Crippen molar-refractivity contribution >= 4 is 35.1 Å². The van der Waals surface area contributed by atoms with Crippen LogP contribution in [0.4, 0.5) is 18.9 Å². The van der Waals surface area contributed by atoms with E-state index in [1.54, 1.807) is 18.2 Å². The average molecular weight is 527 g/mol. The molecule has 0 radical (unpaired) electrons. The lowest BCUT2D eigenvalue weighted by molar-refractivity contribution is -0.159. The van der Waals surface area contributed by atoms with Crippen LogP contribution in [0.2, 0.25) is 5.02 Å². The first-order valence-corrected chi connectivity index (χ1v) is 10.6. The fraction of sp³-hybridized carbons (Fsp3) is 0.227. The van der Waals surface area contributed by atoms with Gasteiger partial charge in [0.1, 0.15) is 0 Å². The smallest absolute Gasteiger partial charge is 0.416 e. The lowest BCUT2D eigenvalue weighted by Gasteiger charge is -2.36. The van der Waals surface area contributed by atoms with Gasteiger partial charge in [-0.15, -0.1) is 0 Å². The molecule has 0 bridgehead atoms. The minimum atomic E-state index is -4.41. The molecule has 2 heterocycles. The number of aromatic nitrogens is 2. The van der Waals surface area contributed by atoms with E-state index in [-0.39, 0.29) is 18.4 Å². The number of amides is 1. The first-order valence-electron chi connectivity index (χ1n) is 10.2. The number of aliphatic carboxylic acids is 2. The zero-order valence-corrected chi connectivity index (χ0v) is 19.0. The molecule has 3 N–H and O–H groups in total. The lowest BCUT2D eigenvalue weighted by Crippen LogP contribution is -2.48. The molecule has 3 aromatic rings. The molecule has 14 heteroatoms. The van der Waals surface area contributed by atoms with Gasteiger partial charge in [0.05, 0.1) is 18.0 Å². The first-order chi connectivity index (χ1) is 16.9. The van der Waals surface area contributed by atoms with Crippen molar-refractivity contribution in [2.24, 2.45) is 0 Å². The first kappa shape index (κ1) is 26.6. The highest BCUT2D eigenvalue weighted by atomic mass is 35.5. The summed E-state index contributed by atoms with van der Waals surface area (Å²) in [6.45, 7) is 1.25. The summed E-state index contributed by atoms with van der Waals surface area (Å²) >= 11 is 5.98. The predicted octanol–water partition coefficient (Wildman–Crippen LogP) is 3.60. The number of benzene rings is 2. The summed E-state index contributed by atoms with van der Waals surface area (Å²) in [5.74, 6) is -3.00. The highest BCUT2D eigenvalue weighted by molar-refractivity contribution is 6.30. The third-order valence-corrected chi connectivity index (χ3v) is 5.11. The van der Waals surface area contributed by atoms with Crippen LogP contribution in [0.5, 0.6) is 0 Å². The minimum Gasteiger partial charge on any atom is -0.473 e. The number of carboxylic acid groups (broad SMARTS) is 2. The van der Waals surface area contributed by atoms with Crippen LogP contribution in [-0.2, 0) is 20.6 Å². The Morgan fingerprint density at radius 2 is 1.72 bits per heavy atom. The van der Waals surface area contributed by atoms with E-state index < -0.39 is 23.7 Å². The lowest BCUT2D eigenvalue weighted by atomic mass is 10.0. The van der Waals surface area contributed by atoms with Crippen molar-refractivity contribution < 1.29 is 42.3 Å². The Balaban J connectivity index is 0.000000538. The Morgan fingerprint density at radius 3 is 2.28 bits per heavy atom. The number of carbonyl (C=O) groups excluding carboxylic acids is 1. The third kappa shape index (κ3) is 7.26. The van der Waals surface area contributed by atoms with Crippen LogP contribution < -0.4 is 5.32 Å². The summed E-state index contributed by atoms with van der Waals surface area (Å²) in [7, 11) is 0. The van der Waals surface area contributed by atoms with Gasteiger partial charge >= 0.3 is 18.1 Å². The predicted molar refractivity (Wildman–Crippen MR) is 119 cm³/mol. The van der Waals surface area contributed by atoms with E-state index in [1.807, 2.05) is 11.0 Å². The van der Waals surface area contributed by atoms with Gasteiger partial charge in [0.15, 0.2) is 0 Å². The van der Waals surface area contributed by atoms with Gasteiger partial charge in [-0.3, -0.25) is 9.69 Å². The molecule has 0 unspecified atom stereocenters. The molecule has 1 fully saturated rings. The van der Waals surface area contributed by atoms with Gasteiger partial charge in [0.25, 0.3) is 0 Å². The van der Waals surface area contributed by atoms with Gasteiger partial charge in [-0.1, -0.05) is 28.9 Å². The monoisotopic (exact) mass is 526 g/mol. The van der Waals surface area contributed by atoms with E-state index in [0.29, 0.717) is 35.5 Å². The largest absolute Gasteiger partial charge is 0.473 e. The summed E-state index contributed by atoms with van der Waals surface area (Å²) in [4.78, 5) is 36.6. The maximum Gasteiger partial charge on any atom is 0.416 e. The molecule has 36 heavy (non-hydrogen) atoms. The number of hydrogen-bond acceptors (Lipinski definition) is 7. The molecule has 0 spiro atoms. The molecule has 1 saturated heterocycles. The Hall–Kier alpha value is -3.97. The van der Waals surface area contributed by atoms with E-state index >= 15 is 0 Å². The number of alkyl halides is 3. The maximum atomic E-state index is 12.6. The second kappa shape index (κ2) is 11.2. The topological polar surface area (TPSA) is 146 Å². The molecule has 0 atom stereocenters. The molecule has 190 valence electrons. The molecular weight excluding hydrogens is 509 g/mol. The van der Waals surface area contributed by atoms with Gasteiger partial charge in [-0.05, 0) is 36.4 Å². The van der Waals surface area contributed by atoms with Crippen LogP contribution in [-0.4, -0.2) is 62.7 Å². The van der Waals surface area contributed by atoms with Crippen molar-refractivity contribution in [2.45, 2.75) is 12.1 Å². The standard InChI is InChI=1S/C20H16ClF3N4O2.C2H2O4/c21-15-3-1-2-12(8-15)18-26-19(30-27-18)13-9-28(10-13)11-17(29)25-16-6-4-14(5-7-16)20(22,23)24;3-1(4)2(5)6/h1-8,13H,9-11H2,(H,25,29);(H,3,4)(H,5,6). The number of nitrogens with one attached hydrogen (secondary N) is 1. The molecule has 1 aromatic heterocycles. The van der Waals surface area contributed by atoms with Gasteiger partial charge < -0.3 is 20.1 Å². The quantitative estimate of drug-likeness (QED) is 0.424. The summed E-state index contributed by atoms with van der Waals surface area (Å²) in [6.07, 6.45) is -4.41. The van der Waals surface area contributed by atoms with Gasteiger partial charge in [-0.25, -0.2) is 9.59 Å². The van der Waals surface area contributed by atoms with Crippen LogP contribution in [0.1, 0.15) is 17.4 Å². The number of rotatable bonds is 5. The number of anilines is 1. The fourth-order valence-electron chi connectivity index (χ4n) is 3.15. The number of halogens is 4. The van der Waals surface area contributed by atoms with Gasteiger partial charge in [-0.2, -0.15) is 18.2 Å². The van der Waals surface area contributed by atoms with Crippen LogP contribution >= 0.6 is 11.6 Å². The molecule has 1 aliphatic rings. The van der Waals surface area contributed by atoms with Crippen molar-refractivity contribution in [2.75, 3.05) is 25.0 Å². The van der Waals surface area contributed by atoms with Crippen molar-refractivity contribution in [3.05, 3.63) is 65.0 Å². The Morgan fingerprint density at radius 1 is 1.08 bits per heavy atom. The zero-order valence-electron chi connectivity index (χ0n) is 18.2. The van der Waals surface area contributed by atoms with Crippen LogP contribution in [0.3, 0.4) is 0 Å². The maximum absolute atomic E-state index is 12.6. The zero-order chi connectivity index (χ0) is 26.5. The van der Waals surface area contributed by atoms with E-state index in [9.17, 15) is 18.0 Å². The summed E-state index contributed by atoms with van der Waals surface area (Å²) in [5.41, 5.74) is 0.306. The normalized spacial score (nSPS) is 13.8. The van der Waals surface area contributed by atoms with Gasteiger partial charge in [0.2, 0.25) is 17.6 Å². The Bertz CT molecular complexity index is 1230. The molecule has 4 rings (SSSR count). The van der Waals surface area contributed by atoms with Gasteiger partial charge in [0, 0.05) is 29.4 Å². The van der Waals surface area contributed by atoms with E-state index in [2.05, 4.69) is 15.5 Å². The SMILES string of the molecule is O=C(CN1CC(c2nc(-c3cccc(Cl)c3)no2)C1)Nc1ccc(C(F)(F)F)cc1.O=C(O)C(=O)O. The average Bonchev–Trinajstić information content (AvgIpc) is 3.26. The van der Waals surface area contributed by atoms with Crippen molar-refractivity contribution in [1.82, 2.24) is 15.0 Å². The summed E-state index contributed by atoms with van der Waals surface area (Å²) in [6, 6.07) is 11.5. The number of likely N-dealkylation sites (tertiary alicyclic amines) is 1. The second-order valence-electron chi connectivity index (χ2n) is 7.59. The van der Waals surface area contributed by atoms with Crippen molar-refractivity contribution in [3.63, 3.8) is 0 Å². The third-order valence-electron chi connectivity index (χ3n) is 4.88. The van der Waals surface area contributed by atoms with Crippen molar-refractivity contribution in [1.29, 1.82) is 0 Å². The molecule has 10 nitrogen and oxygen atoms in total. The number of nitrogens with zero attached hydrogens (tertiary/aromatic N) is 3. The molecule has 2 aromatic carbocycles. The van der Waals surface area contributed by atoms with E-state index in [1.165, 1.54) is 12.1 Å². The highest BCUT2D eigenvalue weighted by Gasteiger charge is 2.34. The van der Waals surface area contributed by atoms with E-state index in [0.717, 1.165) is 17.7 Å². The number of carboxylic acids is 2. The minimum absolute atomic E-state index is 0.0179. The molecule has 1 aliphatic heterocycles. The molecule has 1 amide bonds. The molecule has 0 saturated carbocycles. The summed E-state index contributed by atoms with van der Waals surface area (Å²) in [5, 5.41) is 21.9. The number of carbonyl (C=O) groups is 3. The van der Waals surface area contributed by atoms with Crippen molar-refractivity contribution in [3.8, 4) is 11.4 Å². The van der Waals surface area contributed by atoms with Crippen LogP contribution in [0, 0.1) is 0 Å². The van der Waals surface area contributed by atoms with Crippen LogP contribution in [0.15, 0.2) is 53.1 Å². The van der Waals surface area contributed by atoms with Crippen LogP contribution in [0.25, 0.3) is 11.4 Å². The Kier molecular flexibility index (Phi) is 8.27. The van der Waals surface area contributed by atoms with E-state index in [4.69, 9.17) is 35.9 Å². The summed E-state index contributed by atoms with van der Waals surface area (Å²) < 4.78 is 43.1.